The molecule has 0 unspecified atom stereocenters. The Hall–Kier alpha value is -0.120. The molecule has 0 aromatic carbocycles. The third-order valence-corrected chi connectivity index (χ3v) is 6.84. The molecule has 22 heavy (non-hydrogen) atoms. The van der Waals surface area contributed by atoms with E-state index in [0.29, 0.717) is 5.54 Å². The molecular formula is C19H37N3. The fourth-order valence-corrected chi connectivity index (χ4v) is 4.88. The summed E-state index contributed by atoms with van der Waals surface area (Å²) < 4.78 is 0. The molecule has 0 aromatic rings. The topological polar surface area (TPSA) is 9.72 Å². The van der Waals surface area contributed by atoms with E-state index >= 15 is 0 Å². The summed E-state index contributed by atoms with van der Waals surface area (Å²) in [5, 5.41) is 0. The van der Waals surface area contributed by atoms with Gasteiger partial charge in [-0.05, 0) is 70.5 Å². The van der Waals surface area contributed by atoms with Crippen LogP contribution in [0.1, 0.15) is 46.5 Å². The first kappa shape index (κ1) is 16.7. The Labute approximate surface area is 138 Å². The highest BCUT2D eigenvalue weighted by Gasteiger charge is 2.46. The van der Waals surface area contributed by atoms with E-state index in [1.165, 1.54) is 71.5 Å². The molecule has 1 saturated carbocycles. The maximum atomic E-state index is 2.80. The van der Waals surface area contributed by atoms with Gasteiger partial charge >= 0.3 is 0 Å². The van der Waals surface area contributed by atoms with Crippen LogP contribution < -0.4 is 0 Å². The van der Waals surface area contributed by atoms with Gasteiger partial charge in [-0.2, -0.15) is 0 Å². The van der Waals surface area contributed by atoms with Crippen LogP contribution in [0.3, 0.4) is 0 Å². The molecule has 0 radical (unpaired) electrons. The van der Waals surface area contributed by atoms with Crippen LogP contribution in [0.5, 0.6) is 0 Å². The van der Waals surface area contributed by atoms with Crippen molar-refractivity contribution >= 4 is 0 Å². The van der Waals surface area contributed by atoms with Gasteiger partial charge in [-0.3, -0.25) is 4.90 Å². The van der Waals surface area contributed by atoms with Gasteiger partial charge in [0.05, 0.1) is 0 Å². The third kappa shape index (κ3) is 3.68. The highest BCUT2D eigenvalue weighted by Crippen LogP contribution is 2.46. The van der Waals surface area contributed by atoms with Crippen molar-refractivity contribution in [3.63, 3.8) is 0 Å². The molecule has 128 valence electrons. The average molecular weight is 308 g/mol. The van der Waals surface area contributed by atoms with Gasteiger partial charge < -0.3 is 9.80 Å². The van der Waals surface area contributed by atoms with Gasteiger partial charge in [0.25, 0.3) is 0 Å². The summed E-state index contributed by atoms with van der Waals surface area (Å²) in [5.74, 6) is 2.80. The molecule has 3 aliphatic rings. The van der Waals surface area contributed by atoms with Crippen LogP contribution in [0.2, 0.25) is 0 Å². The first-order valence-electron chi connectivity index (χ1n) is 9.62. The molecule has 2 heterocycles. The van der Waals surface area contributed by atoms with E-state index in [-0.39, 0.29) is 0 Å². The van der Waals surface area contributed by atoms with E-state index in [1.54, 1.807) is 0 Å². The van der Waals surface area contributed by atoms with Crippen LogP contribution in [0.25, 0.3) is 0 Å². The van der Waals surface area contributed by atoms with E-state index < -0.39 is 0 Å². The van der Waals surface area contributed by atoms with Crippen LogP contribution in [0, 0.1) is 17.8 Å². The molecule has 0 N–H and O–H groups in total. The lowest BCUT2D eigenvalue weighted by molar-refractivity contribution is -0.0531. The molecule has 2 aliphatic heterocycles. The molecule has 0 atom stereocenters. The van der Waals surface area contributed by atoms with E-state index in [1.807, 2.05) is 0 Å². The van der Waals surface area contributed by atoms with Gasteiger partial charge in [0.2, 0.25) is 0 Å². The van der Waals surface area contributed by atoms with Crippen molar-refractivity contribution in [2.45, 2.75) is 52.0 Å². The summed E-state index contributed by atoms with van der Waals surface area (Å²) in [6, 6.07) is 0. The lowest BCUT2D eigenvalue weighted by Gasteiger charge is -2.56. The molecule has 0 spiro atoms. The lowest BCUT2D eigenvalue weighted by Crippen LogP contribution is -2.61. The minimum absolute atomic E-state index is 0.522. The van der Waals surface area contributed by atoms with Gasteiger partial charge in [0.1, 0.15) is 0 Å². The zero-order valence-corrected chi connectivity index (χ0v) is 15.4. The predicted octanol–water partition coefficient (Wildman–Crippen LogP) is 2.77. The summed E-state index contributed by atoms with van der Waals surface area (Å²) in [4.78, 5) is 8.03. The molecule has 0 amide bonds. The van der Waals surface area contributed by atoms with Crippen LogP contribution in [0.15, 0.2) is 0 Å². The quantitative estimate of drug-likeness (QED) is 0.791. The van der Waals surface area contributed by atoms with Crippen LogP contribution in [-0.2, 0) is 0 Å². The standard InChI is InChI=1S/C19H37N3/c1-16(2)18-13-19(3,14-18)22-11-9-21(10-12-22)15-17-5-7-20(4)8-6-17/h16-18H,5-15H2,1-4H3. The van der Waals surface area contributed by atoms with E-state index in [4.69, 9.17) is 0 Å². The van der Waals surface area contributed by atoms with Crippen molar-refractivity contribution in [1.82, 2.24) is 14.7 Å². The lowest BCUT2D eigenvalue weighted by atomic mass is 9.64. The minimum Gasteiger partial charge on any atom is -0.306 e. The second-order valence-electron chi connectivity index (χ2n) is 8.94. The molecule has 2 saturated heterocycles. The van der Waals surface area contributed by atoms with Gasteiger partial charge in [-0.15, -0.1) is 0 Å². The van der Waals surface area contributed by atoms with Crippen molar-refractivity contribution in [1.29, 1.82) is 0 Å². The Kier molecular flexibility index (Phi) is 5.16. The van der Waals surface area contributed by atoms with Crippen molar-refractivity contribution in [2.24, 2.45) is 17.8 Å². The molecule has 0 bridgehead atoms. The zero-order valence-electron chi connectivity index (χ0n) is 15.4. The second-order valence-corrected chi connectivity index (χ2v) is 8.94. The minimum atomic E-state index is 0.522. The van der Waals surface area contributed by atoms with Gasteiger partial charge in [-0.25, -0.2) is 0 Å². The summed E-state index contributed by atoms with van der Waals surface area (Å²) in [7, 11) is 2.26. The highest BCUT2D eigenvalue weighted by atomic mass is 15.3. The molecule has 3 nitrogen and oxygen atoms in total. The van der Waals surface area contributed by atoms with E-state index in [0.717, 1.165) is 17.8 Å². The predicted molar refractivity (Wildman–Crippen MR) is 94.2 cm³/mol. The Bertz CT molecular complexity index is 346. The van der Waals surface area contributed by atoms with Crippen LogP contribution >= 0.6 is 0 Å². The summed E-state index contributed by atoms with van der Waals surface area (Å²) in [5.41, 5.74) is 0.522. The Balaban J connectivity index is 1.39. The van der Waals surface area contributed by atoms with Crippen molar-refractivity contribution < 1.29 is 0 Å². The molecule has 1 aliphatic carbocycles. The molecule has 0 aromatic heterocycles. The first-order valence-corrected chi connectivity index (χ1v) is 9.62. The van der Waals surface area contributed by atoms with Gasteiger partial charge in [0.15, 0.2) is 0 Å². The largest absolute Gasteiger partial charge is 0.306 e. The van der Waals surface area contributed by atoms with Crippen LogP contribution in [-0.4, -0.2) is 73.1 Å². The maximum Gasteiger partial charge on any atom is 0.0188 e. The number of likely N-dealkylation sites (tertiary alicyclic amines) is 1. The number of nitrogens with zero attached hydrogens (tertiary/aromatic N) is 3. The summed E-state index contributed by atoms with van der Waals surface area (Å²) in [6.45, 7) is 16.5. The zero-order chi connectivity index (χ0) is 15.7. The molecular weight excluding hydrogens is 270 g/mol. The Morgan fingerprint density at radius 2 is 1.55 bits per heavy atom. The first-order chi connectivity index (χ1) is 10.5. The second kappa shape index (κ2) is 6.78. The summed E-state index contributed by atoms with van der Waals surface area (Å²) >= 11 is 0. The number of rotatable bonds is 4. The number of hydrogen-bond acceptors (Lipinski definition) is 3. The monoisotopic (exact) mass is 307 g/mol. The van der Waals surface area contributed by atoms with Crippen molar-refractivity contribution in [2.75, 3.05) is 52.9 Å². The molecule has 3 fully saturated rings. The SMILES string of the molecule is CC(C)C1CC(C)(N2CCN(CC3CCN(C)CC3)CC2)C1. The summed E-state index contributed by atoms with van der Waals surface area (Å²) in [6.07, 6.45) is 5.67. The normalized spacial score (nSPS) is 36.7. The van der Waals surface area contributed by atoms with Crippen LogP contribution in [0.4, 0.5) is 0 Å². The van der Waals surface area contributed by atoms with Gasteiger partial charge in [-0.1, -0.05) is 13.8 Å². The highest BCUT2D eigenvalue weighted by molar-refractivity contribution is 5.01. The number of piperazine rings is 1. The van der Waals surface area contributed by atoms with Gasteiger partial charge in [0, 0.05) is 38.3 Å². The maximum absolute atomic E-state index is 2.80. The fourth-order valence-electron chi connectivity index (χ4n) is 4.88. The molecule has 3 rings (SSSR count). The number of hydrogen-bond donors (Lipinski definition) is 0. The van der Waals surface area contributed by atoms with E-state index in [2.05, 4.69) is 42.5 Å². The molecule has 3 heteroatoms. The fraction of sp³-hybridized carbons (Fsp3) is 1.00. The Morgan fingerprint density at radius 3 is 2.09 bits per heavy atom. The smallest absolute Gasteiger partial charge is 0.0188 e. The van der Waals surface area contributed by atoms with Crippen molar-refractivity contribution in [3.05, 3.63) is 0 Å². The Morgan fingerprint density at radius 1 is 0.955 bits per heavy atom. The number of piperidine rings is 1. The van der Waals surface area contributed by atoms with Crippen molar-refractivity contribution in [3.8, 4) is 0 Å². The average Bonchev–Trinajstić information content (AvgIpc) is 2.47. The van der Waals surface area contributed by atoms with E-state index in [9.17, 15) is 0 Å². The third-order valence-electron chi connectivity index (χ3n) is 6.84.